The highest BCUT2D eigenvalue weighted by molar-refractivity contribution is 7.25. The third-order valence-electron chi connectivity index (χ3n) is 5.57. The summed E-state index contributed by atoms with van der Waals surface area (Å²) in [7, 11) is 0. The highest BCUT2D eigenvalue weighted by Gasteiger charge is 2.30. The smallest absolute Gasteiger partial charge is 0.279 e. The summed E-state index contributed by atoms with van der Waals surface area (Å²) in [5, 5.41) is 26.6. The minimum Gasteiger partial charge on any atom is -0.392 e. The molecular weight excluding hydrogens is 376 g/mol. The fourth-order valence-electron chi connectivity index (χ4n) is 4.25. The monoisotopic (exact) mass is 401 g/mol. The van der Waals surface area contributed by atoms with Crippen molar-refractivity contribution in [1.82, 2.24) is 15.4 Å². The average molecular weight is 402 g/mol. The summed E-state index contributed by atoms with van der Waals surface area (Å²) in [5.41, 5.74) is 3.75. The molecule has 3 N–H and O–H groups in total. The fourth-order valence-corrected chi connectivity index (χ4v) is 5.37. The number of morpholine rings is 1. The molecule has 4 heterocycles. The van der Waals surface area contributed by atoms with Gasteiger partial charge in [-0.2, -0.15) is 0 Å². The first-order valence-corrected chi connectivity index (χ1v) is 10.8. The predicted molar refractivity (Wildman–Crippen MR) is 109 cm³/mol. The summed E-state index contributed by atoms with van der Waals surface area (Å²) in [6, 6.07) is 0. The Morgan fingerprint density at radius 2 is 2.00 bits per heavy atom. The van der Waals surface area contributed by atoms with Crippen LogP contribution in [-0.4, -0.2) is 59.5 Å². The van der Waals surface area contributed by atoms with E-state index in [9.17, 15) is 5.11 Å². The highest BCUT2D eigenvalue weighted by atomic mass is 32.1. The van der Waals surface area contributed by atoms with Crippen molar-refractivity contribution in [1.29, 1.82) is 0 Å². The lowest BCUT2D eigenvalue weighted by Gasteiger charge is -2.25. The van der Waals surface area contributed by atoms with E-state index in [0.717, 1.165) is 54.2 Å². The zero-order valence-electron chi connectivity index (χ0n) is 16.0. The van der Waals surface area contributed by atoms with Crippen molar-refractivity contribution in [2.45, 2.75) is 38.7 Å². The molecule has 1 atom stereocenters. The minimum absolute atomic E-state index is 0.433. The SMILES string of the molecule is C[C@H](O)CNc1nnnc2c1sc1[nH+]c(N3CCOCC3)c3c(c12)CCCC3. The Labute approximate surface area is 166 Å². The Hall–Kier alpha value is -2.10. The van der Waals surface area contributed by atoms with E-state index in [2.05, 4.69) is 30.6 Å². The lowest BCUT2D eigenvalue weighted by molar-refractivity contribution is -0.328. The van der Waals surface area contributed by atoms with E-state index in [-0.39, 0.29) is 0 Å². The first-order valence-electron chi connectivity index (χ1n) is 9.99. The van der Waals surface area contributed by atoms with Crippen LogP contribution >= 0.6 is 11.3 Å². The highest BCUT2D eigenvalue weighted by Crippen LogP contribution is 2.40. The van der Waals surface area contributed by atoms with Crippen LogP contribution in [0.25, 0.3) is 20.4 Å². The van der Waals surface area contributed by atoms with Crippen LogP contribution in [0.15, 0.2) is 0 Å². The molecular formula is C19H25N6O2S+. The van der Waals surface area contributed by atoms with Crippen LogP contribution in [-0.2, 0) is 17.6 Å². The number of aryl methyl sites for hydroxylation is 1. The van der Waals surface area contributed by atoms with Gasteiger partial charge in [-0.15, -0.1) is 10.2 Å². The summed E-state index contributed by atoms with van der Waals surface area (Å²) in [4.78, 5) is 7.27. The Morgan fingerprint density at radius 3 is 2.79 bits per heavy atom. The summed E-state index contributed by atoms with van der Waals surface area (Å²) in [6.45, 7) is 5.57. The average Bonchev–Trinajstić information content (AvgIpc) is 3.11. The molecule has 5 rings (SSSR count). The number of nitrogens with one attached hydrogen (secondary N) is 2. The topological polar surface area (TPSA) is 97.5 Å². The number of hydrogen-bond donors (Lipinski definition) is 2. The number of H-pyrrole nitrogens is 1. The van der Waals surface area contributed by atoms with Gasteiger partial charge in [-0.1, -0.05) is 11.3 Å². The molecule has 0 amide bonds. The van der Waals surface area contributed by atoms with E-state index in [1.807, 2.05) is 0 Å². The number of rotatable bonds is 4. The summed E-state index contributed by atoms with van der Waals surface area (Å²) < 4.78 is 6.55. The van der Waals surface area contributed by atoms with E-state index in [0.29, 0.717) is 12.4 Å². The molecule has 2 aliphatic rings. The maximum Gasteiger partial charge on any atom is 0.279 e. The number of hydrogen-bond acceptors (Lipinski definition) is 8. The molecule has 0 spiro atoms. The number of aliphatic hydroxyl groups is 1. The second-order valence-corrected chi connectivity index (χ2v) is 8.61. The molecule has 1 aliphatic heterocycles. The molecule has 0 bridgehead atoms. The number of fused-ring (bicyclic) bond motifs is 5. The standard InChI is InChI=1S/C19H24N6O2S/c1-11(26)10-20-17-16-15(22-24-23-17)14-12-4-2-3-5-13(12)18(21-19(14)28-16)25-6-8-27-9-7-25/h11,26H,2-10H2,1H3,(H,20,22,23)/p+1/t11-/m0/s1. The largest absolute Gasteiger partial charge is 0.392 e. The van der Waals surface area contributed by atoms with Crippen LogP contribution in [0, 0.1) is 0 Å². The number of aromatic amines is 1. The van der Waals surface area contributed by atoms with E-state index in [1.165, 1.54) is 35.2 Å². The van der Waals surface area contributed by atoms with E-state index >= 15 is 0 Å². The molecule has 8 nitrogen and oxygen atoms in total. The third-order valence-corrected chi connectivity index (χ3v) is 6.67. The van der Waals surface area contributed by atoms with E-state index in [1.54, 1.807) is 18.3 Å². The van der Waals surface area contributed by atoms with Gasteiger partial charge in [-0.05, 0) is 43.4 Å². The normalized spacial score (nSPS) is 18.4. The number of nitrogens with zero attached hydrogens (tertiary/aromatic N) is 4. The number of thiophene rings is 1. The fraction of sp³-hybridized carbons (Fsp3) is 0.579. The number of anilines is 2. The molecule has 0 saturated carbocycles. The third kappa shape index (κ3) is 3.07. The van der Waals surface area contributed by atoms with Gasteiger partial charge in [0.2, 0.25) is 0 Å². The summed E-state index contributed by atoms with van der Waals surface area (Å²) in [5.74, 6) is 1.94. The second kappa shape index (κ2) is 7.38. The van der Waals surface area contributed by atoms with Gasteiger partial charge in [0.15, 0.2) is 10.6 Å². The number of aliphatic hydroxyl groups excluding tert-OH is 1. The lowest BCUT2D eigenvalue weighted by Crippen LogP contribution is -2.40. The van der Waals surface area contributed by atoms with Crippen molar-refractivity contribution < 1.29 is 14.8 Å². The van der Waals surface area contributed by atoms with Crippen LogP contribution in [0.5, 0.6) is 0 Å². The van der Waals surface area contributed by atoms with Gasteiger partial charge in [0, 0.05) is 12.1 Å². The minimum atomic E-state index is -0.452. The number of aromatic nitrogens is 4. The van der Waals surface area contributed by atoms with Crippen molar-refractivity contribution in [3.05, 3.63) is 11.1 Å². The quantitative estimate of drug-likeness (QED) is 0.685. The van der Waals surface area contributed by atoms with Crippen LogP contribution in [0.2, 0.25) is 0 Å². The Balaban J connectivity index is 1.70. The van der Waals surface area contributed by atoms with Crippen molar-refractivity contribution in [3.8, 4) is 0 Å². The van der Waals surface area contributed by atoms with Crippen molar-refractivity contribution in [2.75, 3.05) is 43.1 Å². The van der Waals surface area contributed by atoms with Gasteiger partial charge in [0.25, 0.3) is 5.82 Å². The van der Waals surface area contributed by atoms with Crippen LogP contribution in [0.4, 0.5) is 11.6 Å². The van der Waals surface area contributed by atoms with Crippen LogP contribution < -0.4 is 15.2 Å². The zero-order valence-corrected chi connectivity index (χ0v) is 16.8. The van der Waals surface area contributed by atoms with Gasteiger partial charge in [0.1, 0.15) is 23.3 Å². The van der Waals surface area contributed by atoms with Crippen molar-refractivity contribution >= 4 is 43.4 Å². The molecule has 1 saturated heterocycles. The summed E-state index contributed by atoms with van der Waals surface area (Å²) >= 11 is 1.67. The van der Waals surface area contributed by atoms with E-state index < -0.39 is 6.10 Å². The van der Waals surface area contributed by atoms with Crippen LogP contribution in [0.1, 0.15) is 30.9 Å². The molecule has 3 aromatic rings. The second-order valence-electron chi connectivity index (χ2n) is 7.59. The van der Waals surface area contributed by atoms with Crippen molar-refractivity contribution in [3.63, 3.8) is 0 Å². The first kappa shape index (κ1) is 18.0. The summed E-state index contributed by atoms with van der Waals surface area (Å²) in [6.07, 6.45) is 4.14. The molecule has 1 aliphatic carbocycles. The Kier molecular flexibility index (Phi) is 4.73. The van der Waals surface area contributed by atoms with Gasteiger partial charge in [-0.25, -0.2) is 4.98 Å². The van der Waals surface area contributed by atoms with Crippen LogP contribution in [0.3, 0.4) is 0 Å². The Bertz CT molecular complexity index is 1010. The number of ether oxygens (including phenoxy) is 1. The van der Waals surface area contributed by atoms with Gasteiger partial charge < -0.3 is 15.2 Å². The molecule has 28 heavy (non-hydrogen) atoms. The van der Waals surface area contributed by atoms with Gasteiger partial charge in [0.05, 0.1) is 24.7 Å². The maximum absolute atomic E-state index is 9.62. The molecule has 9 heteroatoms. The number of pyridine rings is 1. The molecule has 0 unspecified atom stereocenters. The molecule has 0 aromatic carbocycles. The first-order chi connectivity index (χ1) is 13.7. The molecule has 1 fully saturated rings. The lowest BCUT2D eigenvalue weighted by atomic mass is 9.90. The van der Waals surface area contributed by atoms with Crippen molar-refractivity contribution in [2.24, 2.45) is 0 Å². The predicted octanol–water partition coefficient (Wildman–Crippen LogP) is 1.56. The molecule has 3 aromatic heterocycles. The molecule has 148 valence electrons. The van der Waals surface area contributed by atoms with Gasteiger partial charge >= 0.3 is 0 Å². The zero-order chi connectivity index (χ0) is 19.1. The molecule has 0 radical (unpaired) electrons. The van der Waals surface area contributed by atoms with Gasteiger partial charge in [-0.3, -0.25) is 4.90 Å². The Morgan fingerprint density at radius 1 is 1.21 bits per heavy atom. The van der Waals surface area contributed by atoms with E-state index in [4.69, 9.17) is 4.74 Å². The maximum atomic E-state index is 9.62.